The van der Waals surface area contributed by atoms with Crippen LogP contribution in [0.4, 0.5) is 0 Å². The Morgan fingerprint density at radius 1 is 1.43 bits per heavy atom. The number of rotatable bonds is 6. The highest BCUT2D eigenvalue weighted by Crippen LogP contribution is 2.32. The Morgan fingerprint density at radius 3 is 2.87 bits per heavy atom. The van der Waals surface area contributed by atoms with Gasteiger partial charge >= 0.3 is 0 Å². The summed E-state index contributed by atoms with van der Waals surface area (Å²) < 4.78 is 10.9. The highest BCUT2D eigenvalue weighted by molar-refractivity contribution is 5.94. The van der Waals surface area contributed by atoms with Crippen LogP contribution in [0, 0.1) is 19.8 Å². The molecular weight excluding hydrogens is 292 g/mol. The molecule has 0 saturated heterocycles. The smallest absolute Gasteiger partial charge is 0.251 e. The van der Waals surface area contributed by atoms with Gasteiger partial charge in [-0.2, -0.15) is 0 Å². The second-order valence-electron chi connectivity index (χ2n) is 6.22. The minimum atomic E-state index is -0.0489. The molecule has 5 nitrogen and oxygen atoms in total. The van der Waals surface area contributed by atoms with E-state index in [0.29, 0.717) is 23.8 Å². The summed E-state index contributed by atoms with van der Waals surface area (Å²) in [4.78, 5) is 12.3. The summed E-state index contributed by atoms with van der Waals surface area (Å²) in [6, 6.07) is 7.48. The Kier molecular flexibility index (Phi) is 4.37. The molecule has 0 bridgehead atoms. The molecule has 1 aromatic heterocycles. The van der Waals surface area contributed by atoms with Crippen LogP contribution in [0.25, 0.3) is 0 Å². The molecule has 1 saturated carbocycles. The highest BCUT2D eigenvalue weighted by Gasteiger charge is 2.29. The fourth-order valence-corrected chi connectivity index (χ4v) is 2.59. The van der Waals surface area contributed by atoms with E-state index >= 15 is 0 Å². The first-order valence-corrected chi connectivity index (χ1v) is 8.00. The zero-order chi connectivity index (χ0) is 16.4. The molecule has 1 atom stereocenters. The lowest BCUT2D eigenvalue weighted by Crippen LogP contribution is -2.33. The molecule has 1 aromatic carbocycles. The molecule has 0 unspecified atom stereocenters. The Hall–Kier alpha value is -2.30. The van der Waals surface area contributed by atoms with Gasteiger partial charge in [0, 0.05) is 11.6 Å². The van der Waals surface area contributed by atoms with Crippen LogP contribution >= 0.6 is 0 Å². The number of carbonyl (C=O) groups excluding carboxylic acids is 1. The average Bonchev–Trinajstić information content (AvgIpc) is 3.33. The summed E-state index contributed by atoms with van der Waals surface area (Å²) in [5.74, 6) is 2.01. The van der Waals surface area contributed by atoms with Gasteiger partial charge in [0.05, 0.1) is 11.3 Å². The number of hydrogen-bond acceptors (Lipinski definition) is 4. The minimum Gasteiger partial charge on any atom is -0.489 e. The van der Waals surface area contributed by atoms with Gasteiger partial charge in [-0.3, -0.25) is 4.79 Å². The van der Waals surface area contributed by atoms with Gasteiger partial charge in [-0.05, 0) is 57.7 Å². The number of aryl methyl sites for hydroxylation is 2. The van der Waals surface area contributed by atoms with Crippen molar-refractivity contribution in [3.63, 3.8) is 0 Å². The lowest BCUT2D eigenvalue weighted by atomic mass is 10.1. The van der Waals surface area contributed by atoms with Crippen molar-refractivity contribution in [3.8, 4) is 5.75 Å². The van der Waals surface area contributed by atoms with Gasteiger partial charge in [0.15, 0.2) is 0 Å². The SMILES string of the molecule is Cc1noc(C)c1COc1cccc(C(=O)N[C@@H](C)C2CC2)c1. The van der Waals surface area contributed by atoms with E-state index in [0.717, 1.165) is 17.0 Å². The van der Waals surface area contributed by atoms with Crippen molar-refractivity contribution >= 4 is 5.91 Å². The zero-order valence-corrected chi connectivity index (χ0v) is 13.8. The molecule has 0 radical (unpaired) electrons. The maximum atomic E-state index is 12.3. The molecule has 2 aromatic rings. The molecule has 1 N–H and O–H groups in total. The Labute approximate surface area is 136 Å². The van der Waals surface area contributed by atoms with Crippen molar-refractivity contribution in [3.05, 3.63) is 46.8 Å². The van der Waals surface area contributed by atoms with Gasteiger partial charge in [0.1, 0.15) is 18.1 Å². The molecule has 1 aliphatic rings. The van der Waals surface area contributed by atoms with E-state index in [1.54, 1.807) is 12.1 Å². The number of nitrogens with zero attached hydrogens (tertiary/aromatic N) is 1. The lowest BCUT2D eigenvalue weighted by molar-refractivity contribution is 0.0935. The summed E-state index contributed by atoms with van der Waals surface area (Å²) in [6.07, 6.45) is 2.42. The third-order valence-corrected chi connectivity index (χ3v) is 4.35. The molecule has 0 spiro atoms. The first-order chi connectivity index (χ1) is 11.0. The summed E-state index contributed by atoms with van der Waals surface area (Å²) >= 11 is 0. The molecule has 5 heteroatoms. The number of benzene rings is 1. The fourth-order valence-electron chi connectivity index (χ4n) is 2.59. The van der Waals surface area contributed by atoms with Crippen LogP contribution in [0.5, 0.6) is 5.75 Å². The molecule has 1 aliphatic carbocycles. The van der Waals surface area contributed by atoms with Crippen LogP contribution < -0.4 is 10.1 Å². The molecule has 23 heavy (non-hydrogen) atoms. The molecule has 122 valence electrons. The number of hydrogen-bond donors (Lipinski definition) is 1. The first-order valence-electron chi connectivity index (χ1n) is 8.00. The van der Waals surface area contributed by atoms with Gasteiger partial charge in [0.25, 0.3) is 5.91 Å². The summed E-state index contributed by atoms with van der Waals surface area (Å²) in [5, 5.41) is 6.96. The van der Waals surface area contributed by atoms with Gasteiger partial charge in [-0.1, -0.05) is 11.2 Å². The first kappa shape index (κ1) is 15.6. The summed E-state index contributed by atoms with van der Waals surface area (Å²) in [6.45, 7) is 6.19. The number of amides is 1. The van der Waals surface area contributed by atoms with E-state index in [1.807, 2.05) is 26.0 Å². The molecule has 3 rings (SSSR count). The van der Waals surface area contributed by atoms with Crippen molar-refractivity contribution < 1.29 is 14.1 Å². The molecule has 1 amide bonds. The topological polar surface area (TPSA) is 64.4 Å². The largest absolute Gasteiger partial charge is 0.489 e. The van der Waals surface area contributed by atoms with Crippen LogP contribution in [0.15, 0.2) is 28.8 Å². The van der Waals surface area contributed by atoms with Crippen LogP contribution in [0.1, 0.15) is 47.1 Å². The highest BCUT2D eigenvalue weighted by atomic mass is 16.5. The van der Waals surface area contributed by atoms with Gasteiger partial charge < -0.3 is 14.6 Å². The van der Waals surface area contributed by atoms with Crippen molar-refractivity contribution in [1.82, 2.24) is 10.5 Å². The maximum Gasteiger partial charge on any atom is 0.251 e. The van der Waals surface area contributed by atoms with Gasteiger partial charge in [-0.15, -0.1) is 0 Å². The van der Waals surface area contributed by atoms with E-state index in [9.17, 15) is 4.79 Å². The van der Waals surface area contributed by atoms with E-state index in [-0.39, 0.29) is 11.9 Å². The Morgan fingerprint density at radius 2 is 2.22 bits per heavy atom. The van der Waals surface area contributed by atoms with Gasteiger partial charge in [-0.25, -0.2) is 0 Å². The number of carbonyl (C=O) groups is 1. The maximum absolute atomic E-state index is 12.3. The number of ether oxygens (including phenoxy) is 1. The molecule has 1 heterocycles. The second-order valence-corrected chi connectivity index (χ2v) is 6.22. The second kappa shape index (κ2) is 6.44. The van der Waals surface area contributed by atoms with Gasteiger partial charge in [0.2, 0.25) is 0 Å². The van der Waals surface area contributed by atoms with E-state index in [2.05, 4.69) is 17.4 Å². The predicted octanol–water partition coefficient (Wildman–Crippen LogP) is 3.40. The van der Waals surface area contributed by atoms with Crippen LogP contribution in [0.3, 0.4) is 0 Å². The minimum absolute atomic E-state index is 0.0489. The normalized spacial score (nSPS) is 15.3. The lowest BCUT2D eigenvalue weighted by Gasteiger charge is -2.13. The standard InChI is InChI=1S/C18H22N2O3/c1-11(14-7-8-14)19-18(21)15-5-4-6-16(9-15)22-10-17-12(2)20-23-13(17)3/h4-6,9,11,14H,7-8,10H2,1-3H3,(H,19,21)/t11-/m0/s1. The van der Waals surface area contributed by atoms with Crippen molar-refractivity contribution in [2.75, 3.05) is 0 Å². The van der Waals surface area contributed by atoms with Crippen LogP contribution in [-0.2, 0) is 6.61 Å². The molecule has 0 aliphatic heterocycles. The quantitative estimate of drug-likeness (QED) is 0.887. The van der Waals surface area contributed by atoms with E-state index in [1.165, 1.54) is 12.8 Å². The van der Waals surface area contributed by atoms with E-state index in [4.69, 9.17) is 9.26 Å². The predicted molar refractivity (Wildman–Crippen MR) is 86.4 cm³/mol. The number of nitrogens with one attached hydrogen (secondary N) is 1. The zero-order valence-electron chi connectivity index (χ0n) is 13.8. The molecular formula is C18H22N2O3. The van der Waals surface area contributed by atoms with Crippen molar-refractivity contribution in [2.45, 2.75) is 46.3 Å². The summed E-state index contributed by atoms with van der Waals surface area (Å²) in [5.41, 5.74) is 2.39. The van der Waals surface area contributed by atoms with E-state index < -0.39 is 0 Å². The molecule has 1 fully saturated rings. The summed E-state index contributed by atoms with van der Waals surface area (Å²) in [7, 11) is 0. The van der Waals surface area contributed by atoms with Crippen LogP contribution in [-0.4, -0.2) is 17.1 Å². The Bertz CT molecular complexity index is 685. The fraction of sp³-hybridized carbons (Fsp3) is 0.444. The van der Waals surface area contributed by atoms with Crippen molar-refractivity contribution in [2.24, 2.45) is 5.92 Å². The van der Waals surface area contributed by atoms with Crippen LogP contribution in [0.2, 0.25) is 0 Å². The third-order valence-electron chi connectivity index (χ3n) is 4.35. The Balaban J connectivity index is 1.63. The third kappa shape index (κ3) is 3.73. The van der Waals surface area contributed by atoms with Crippen molar-refractivity contribution in [1.29, 1.82) is 0 Å². The number of aromatic nitrogens is 1. The average molecular weight is 314 g/mol. The monoisotopic (exact) mass is 314 g/mol.